The molecule has 3 rings (SSSR count). The molecule has 0 fully saturated rings. The van der Waals surface area contributed by atoms with Crippen molar-refractivity contribution in [3.63, 3.8) is 0 Å². The Labute approximate surface area is 184 Å². The van der Waals surface area contributed by atoms with Crippen molar-refractivity contribution in [3.05, 3.63) is 70.5 Å². The number of fused-ring (bicyclic) bond motifs is 1. The Bertz CT molecular complexity index is 1020. The molecule has 0 saturated heterocycles. The first-order chi connectivity index (χ1) is 14.8. The molecule has 0 bridgehead atoms. The van der Waals surface area contributed by atoms with Crippen LogP contribution < -0.4 is 10.6 Å². The van der Waals surface area contributed by atoms with Crippen LogP contribution in [0.1, 0.15) is 28.7 Å². The normalized spacial score (nSPS) is 14.9. The van der Waals surface area contributed by atoms with E-state index in [1.807, 2.05) is 0 Å². The van der Waals surface area contributed by atoms with Gasteiger partial charge in [0.05, 0.1) is 5.75 Å². The topological polar surface area (TPSA) is 73.8 Å². The van der Waals surface area contributed by atoms with Crippen LogP contribution in [0, 0.1) is 5.82 Å². The molecule has 1 aliphatic rings. The molecule has 0 saturated carbocycles. The van der Waals surface area contributed by atoms with Crippen LogP contribution in [-0.2, 0) is 35.1 Å². The molecule has 2 aromatic rings. The predicted molar refractivity (Wildman–Crippen MR) is 123 cm³/mol. The van der Waals surface area contributed by atoms with Gasteiger partial charge in [0.2, 0.25) is 0 Å². The van der Waals surface area contributed by atoms with E-state index in [0.29, 0.717) is 23.6 Å². The van der Waals surface area contributed by atoms with Crippen LogP contribution in [0.25, 0.3) is 0 Å². The Morgan fingerprint density at radius 1 is 1.13 bits per heavy atom. The van der Waals surface area contributed by atoms with Gasteiger partial charge in [-0.25, -0.2) is 12.8 Å². The van der Waals surface area contributed by atoms with Crippen LogP contribution in [-0.4, -0.2) is 52.2 Å². The van der Waals surface area contributed by atoms with Gasteiger partial charge < -0.3 is 10.6 Å². The molecule has 0 atom stereocenters. The SMILES string of the molecule is CN=C(NCCCN1CCc2ccccc2C1)NCc1cc(F)ccc1CS(C)(=O)=O. The second kappa shape index (κ2) is 10.7. The third kappa shape index (κ3) is 7.33. The molecule has 2 N–H and O–H groups in total. The Morgan fingerprint density at radius 2 is 1.90 bits per heavy atom. The number of benzene rings is 2. The van der Waals surface area contributed by atoms with Crippen molar-refractivity contribution in [2.45, 2.75) is 31.7 Å². The zero-order chi connectivity index (χ0) is 22.3. The molecule has 6 nitrogen and oxygen atoms in total. The van der Waals surface area contributed by atoms with Gasteiger partial charge in [0.15, 0.2) is 15.8 Å². The van der Waals surface area contributed by atoms with Gasteiger partial charge in [0.25, 0.3) is 0 Å². The van der Waals surface area contributed by atoms with E-state index < -0.39 is 9.84 Å². The number of sulfone groups is 1. The third-order valence-electron chi connectivity index (χ3n) is 5.41. The number of hydrogen-bond donors (Lipinski definition) is 2. The highest BCUT2D eigenvalue weighted by Crippen LogP contribution is 2.18. The summed E-state index contributed by atoms with van der Waals surface area (Å²) in [5.41, 5.74) is 4.07. The monoisotopic (exact) mass is 446 g/mol. The summed E-state index contributed by atoms with van der Waals surface area (Å²) in [5, 5.41) is 6.44. The summed E-state index contributed by atoms with van der Waals surface area (Å²) < 4.78 is 37.0. The van der Waals surface area contributed by atoms with Gasteiger partial charge in [-0.3, -0.25) is 9.89 Å². The molecule has 1 aliphatic heterocycles. The van der Waals surface area contributed by atoms with Crippen LogP contribution in [0.4, 0.5) is 4.39 Å². The van der Waals surface area contributed by atoms with Gasteiger partial charge in [-0.2, -0.15) is 0 Å². The predicted octanol–water partition coefficient (Wildman–Crippen LogP) is 2.48. The molecule has 0 spiro atoms. The fraction of sp³-hybridized carbons (Fsp3) is 0.435. The highest BCUT2D eigenvalue weighted by atomic mass is 32.2. The Kier molecular flexibility index (Phi) is 8.03. The molecule has 0 aromatic heterocycles. The fourth-order valence-electron chi connectivity index (χ4n) is 3.84. The summed E-state index contributed by atoms with van der Waals surface area (Å²) in [7, 11) is -1.52. The first kappa shape index (κ1) is 23.2. The molecule has 0 aliphatic carbocycles. The maximum Gasteiger partial charge on any atom is 0.191 e. The van der Waals surface area contributed by atoms with Gasteiger partial charge in [-0.1, -0.05) is 30.3 Å². The van der Waals surface area contributed by atoms with Crippen LogP contribution >= 0.6 is 0 Å². The van der Waals surface area contributed by atoms with Crippen molar-refractivity contribution in [2.24, 2.45) is 4.99 Å². The quantitative estimate of drug-likeness (QED) is 0.370. The molecule has 1 heterocycles. The first-order valence-electron chi connectivity index (χ1n) is 10.5. The van der Waals surface area contributed by atoms with Gasteiger partial charge in [-0.05, 0) is 47.2 Å². The summed E-state index contributed by atoms with van der Waals surface area (Å²) in [6, 6.07) is 12.8. The number of aliphatic imine (C=N–C) groups is 1. The largest absolute Gasteiger partial charge is 0.356 e. The van der Waals surface area contributed by atoms with Crippen molar-refractivity contribution in [1.82, 2.24) is 15.5 Å². The molecule has 8 heteroatoms. The Morgan fingerprint density at radius 3 is 2.65 bits per heavy atom. The third-order valence-corrected chi connectivity index (χ3v) is 6.24. The highest BCUT2D eigenvalue weighted by Gasteiger charge is 2.15. The van der Waals surface area contributed by atoms with E-state index >= 15 is 0 Å². The van der Waals surface area contributed by atoms with Crippen LogP contribution in [0.3, 0.4) is 0 Å². The number of halogens is 1. The Balaban J connectivity index is 1.45. The average molecular weight is 447 g/mol. The minimum Gasteiger partial charge on any atom is -0.356 e. The molecule has 0 amide bonds. The van der Waals surface area contributed by atoms with Gasteiger partial charge in [0.1, 0.15) is 5.82 Å². The fourth-order valence-corrected chi connectivity index (χ4v) is 4.68. The van der Waals surface area contributed by atoms with Gasteiger partial charge in [-0.15, -0.1) is 0 Å². The van der Waals surface area contributed by atoms with Crippen molar-refractivity contribution < 1.29 is 12.8 Å². The number of rotatable bonds is 8. The van der Waals surface area contributed by atoms with E-state index in [0.717, 1.165) is 39.0 Å². The molecule has 31 heavy (non-hydrogen) atoms. The van der Waals surface area contributed by atoms with E-state index in [-0.39, 0.29) is 11.6 Å². The standard InChI is InChI=1S/C23H31FN4O2S/c1-25-23(27-15-21-14-22(24)9-8-20(21)17-31(2,29)30)26-11-5-12-28-13-10-18-6-3-4-7-19(18)16-28/h3-4,6-9,14H,5,10-13,15-17H2,1-2H3,(H2,25,26,27). The molecule has 0 unspecified atom stereocenters. The molecule has 168 valence electrons. The van der Waals surface area contributed by atoms with Gasteiger partial charge >= 0.3 is 0 Å². The van der Waals surface area contributed by atoms with E-state index in [4.69, 9.17) is 0 Å². The highest BCUT2D eigenvalue weighted by molar-refractivity contribution is 7.89. The minimum absolute atomic E-state index is 0.116. The van der Waals surface area contributed by atoms with E-state index in [9.17, 15) is 12.8 Å². The number of hydrogen-bond acceptors (Lipinski definition) is 4. The van der Waals surface area contributed by atoms with Crippen molar-refractivity contribution in [3.8, 4) is 0 Å². The smallest absolute Gasteiger partial charge is 0.191 e. The lowest BCUT2D eigenvalue weighted by molar-refractivity contribution is 0.251. The molecule has 0 radical (unpaired) electrons. The molecule has 2 aromatic carbocycles. The first-order valence-corrected chi connectivity index (χ1v) is 12.6. The number of guanidine groups is 1. The summed E-state index contributed by atoms with van der Waals surface area (Å²) in [5.74, 6) is 0.105. The Hall–Kier alpha value is -2.45. The summed E-state index contributed by atoms with van der Waals surface area (Å²) in [4.78, 5) is 6.68. The average Bonchev–Trinajstić information content (AvgIpc) is 2.74. The van der Waals surface area contributed by atoms with E-state index in [2.05, 4.69) is 44.8 Å². The van der Waals surface area contributed by atoms with Crippen LogP contribution in [0.15, 0.2) is 47.5 Å². The van der Waals surface area contributed by atoms with Crippen LogP contribution in [0.5, 0.6) is 0 Å². The second-order valence-corrected chi connectivity index (χ2v) is 10.1. The maximum absolute atomic E-state index is 13.7. The minimum atomic E-state index is -3.20. The lowest BCUT2D eigenvalue weighted by Crippen LogP contribution is -2.39. The number of nitrogens with one attached hydrogen (secondary N) is 2. The van der Waals surface area contributed by atoms with Crippen molar-refractivity contribution in [1.29, 1.82) is 0 Å². The van der Waals surface area contributed by atoms with Gasteiger partial charge in [0, 0.05) is 46.0 Å². The summed E-state index contributed by atoms with van der Waals surface area (Å²) >= 11 is 0. The number of nitrogens with zero attached hydrogens (tertiary/aromatic N) is 2. The summed E-state index contributed by atoms with van der Waals surface area (Å²) in [6.07, 6.45) is 3.24. The van der Waals surface area contributed by atoms with Crippen molar-refractivity contribution in [2.75, 3.05) is 32.9 Å². The lowest BCUT2D eigenvalue weighted by atomic mass is 10.00. The zero-order valence-corrected chi connectivity index (χ0v) is 19.0. The lowest BCUT2D eigenvalue weighted by Gasteiger charge is -2.28. The van der Waals surface area contributed by atoms with Crippen molar-refractivity contribution >= 4 is 15.8 Å². The maximum atomic E-state index is 13.7. The molecular weight excluding hydrogens is 415 g/mol. The van der Waals surface area contributed by atoms with Crippen LogP contribution in [0.2, 0.25) is 0 Å². The van der Waals surface area contributed by atoms with E-state index in [1.54, 1.807) is 7.05 Å². The zero-order valence-electron chi connectivity index (χ0n) is 18.2. The molecular formula is C23H31FN4O2S. The summed E-state index contributed by atoms with van der Waals surface area (Å²) in [6.45, 7) is 4.13. The second-order valence-electron chi connectivity index (χ2n) is 7.98. The van der Waals surface area contributed by atoms with E-state index in [1.165, 1.54) is 35.6 Å².